The lowest BCUT2D eigenvalue weighted by atomic mass is 10.4. The number of nitrogens with one attached hydrogen (secondary N) is 1. The molecule has 0 radical (unpaired) electrons. The van der Waals surface area contributed by atoms with Crippen LogP contribution in [0.5, 0.6) is 0 Å². The van der Waals surface area contributed by atoms with Crippen molar-refractivity contribution in [3.05, 3.63) is 31.4 Å². The highest BCUT2D eigenvalue weighted by Crippen LogP contribution is 2.35. The molecule has 0 saturated heterocycles. The fourth-order valence-electron chi connectivity index (χ4n) is 1.76. The van der Waals surface area contributed by atoms with Gasteiger partial charge in [0.15, 0.2) is 5.82 Å². The summed E-state index contributed by atoms with van der Waals surface area (Å²) < 4.78 is 3.85. The van der Waals surface area contributed by atoms with Crippen molar-refractivity contribution in [2.24, 2.45) is 0 Å². The summed E-state index contributed by atoms with van der Waals surface area (Å²) in [6.07, 6.45) is 4.07. The number of halogens is 2. The van der Waals surface area contributed by atoms with Gasteiger partial charge >= 0.3 is 0 Å². The van der Waals surface area contributed by atoms with E-state index in [1.807, 2.05) is 4.57 Å². The van der Waals surface area contributed by atoms with Crippen molar-refractivity contribution < 1.29 is 4.79 Å². The van der Waals surface area contributed by atoms with E-state index in [-0.39, 0.29) is 5.91 Å². The molecular weight excluding hydrogens is 396 g/mol. The number of amides is 1. The fourth-order valence-corrected chi connectivity index (χ4v) is 3.71. The highest BCUT2D eigenvalue weighted by Gasteiger charge is 2.26. The molecule has 0 atom stereocenters. The van der Waals surface area contributed by atoms with Crippen LogP contribution in [0, 0.1) is 0 Å². The van der Waals surface area contributed by atoms with Gasteiger partial charge in [-0.15, -0.1) is 21.5 Å². The Bertz CT molecular complexity index is 600. The molecule has 0 aliphatic heterocycles. The van der Waals surface area contributed by atoms with Gasteiger partial charge in [-0.05, 0) is 50.8 Å². The molecule has 1 N–H and O–H groups in total. The van der Waals surface area contributed by atoms with Crippen LogP contribution in [-0.4, -0.2) is 20.7 Å². The lowest BCUT2D eigenvalue weighted by Crippen LogP contribution is -2.23. The van der Waals surface area contributed by atoms with E-state index in [1.165, 1.54) is 24.2 Å². The van der Waals surface area contributed by atoms with Gasteiger partial charge in [-0.2, -0.15) is 0 Å². The first kappa shape index (κ1) is 13.3. The Labute approximate surface area is 130 Å². The highest BCUT2D eigenvalue weighted by molar-refractivity contribution is 9.13. The number of carbonyl (C=O) groups excluding carboxylic acids is 1. The SMILES string of the molecule is O=C(NCc1nncn1C1CC1)c1cc(Br)c(Br)s1. The average Bonchev–Trinajstić information content (AvgIpc) is 3.04. The zero-order valence-electron chi connectivity index (χ0n) is 9.77. The fraction of sp³-hybridized carbons (Fsp3) is 0.364. The van der Waals surface area contributed by atoms with E-state index >= 15 is 0 Å². The standard InChI is InChI=1S/C11H10Br2N4OS/c12-7-3-8(19-10(7)13)11(18)14-4-9-16-15-5-17(9)6-1-2-6/h3,5-6H,1-2,4H2,(H,14,18). The number of thiophene rings is 1. The molecule has 5 nitrogen and oxygen atoms in total. The highest BCUT2D eigenvalue weighted by atomic mass is 79.9. The van der Waals surface area contributed by atoms with Crippen molar-refractivity contribution in [1.82, 2.24) is 20.1 Å². The maximum atomic E-state index is 12.0. The summed E-state index contributed by atoms with van der Waals surface area (Å²) in [6, 6.07) is 2.32. The molecule has 1 saturated carbocycles. The summed E-state index contributed by atoms with van der Waals surface area (Å²) in [7, 11) is 0. The molecule has 0 bridgehead atoms. The van der Waals surface area contributed by atoms with Gasteiger partial charge in [-0.1, -0.05) is 0 Å². The van der Waals surface area contributed by atoms with Crippen LogP contribution >= 0.6 is 43.2 Å². The van der Waals surface area contributed by atoms with Crippen molar-refractivity contribution in [1.29, 1.82) is 0 Å². The molecule has 3 rings (SSSR count). The van der Waals surface area contributed by atoms with Crippen LogP contribution in [-0.2, 0) is 6.54 Å². The summed E-state index contributed by atoms with van der Waals surface area (Å²) in [5.74, 6) is 0.715. The van der Waals surface area contributed by atoms with Crippen LogP contribution in [0.4, 0.5) is 0 Å². The van der Waals surface area contributed by atoms with Crippen LogP contribution < -0.4 is 5.32 Å². The van der Waals surface area contributed by atoms with Crippen LogP contribution in [0.3, 0.4) is 0 Å². The van der Waals surface area contributed by atoms with E-state index in [0.29, 0.717) is 17.5 Å². The maximum absolute atomic E-state index is 12.0. The Kier molecular flexibility index (Phi) is 3.72. The second kappa shape index (κ2) is 5.34. The molecule has 1 aliphatic carbocycles. The molecule has 100 valence electrons. The van der Waals surface area contributed by atoms with E-state index in [2.05, 4.69) is 47.4 Å². The zero-order chi connectivity index (χ0) is 13.4. The molecule has 0 aromatic carbocycles. The van der Waals surface area contributed by atoms with E-state index in [4.69, 9.17) is 0 Å². The summed E-state index contributed by atoms with van der Waals surface area (Å²) in [4.78, 5) is 12.7. The quantitative estimate of drug-likeness (QED) is 0.849. The summed E-state index contributed by atoms with van der Waals surface area (Å²) in [6.45, 7) is 0.405. The second-order valence-corrected chi connectivity index (χ2v) is 7.53. The molecule has 0 unspecified atom stereocenters. The number of nitrogens with zero attached hydrogens (tertiary/aromatic N) is 3. The van der Waals surface area contributed by atoms with Crippen LogP contribution in [0.25, 0.3) is 0 Å². The molecule has 1 fully saturated rings. The van der Waals surface area contributed by atoms with Gasteiger partial charge in [-0.25, -0.2) is 0 Å². The summed E-state index contributed by atoms with van der Waals surface area (Å²) in [5, 5.41) is 10.8. The van der Waals surface area contributed by atoms with Crippen LogP contribution in [0.1, 0.15) is 34.4 Å². The number of carbonyl (C=O) groups is 1. The predicted molar refractivity (Wildman–Crippen MR) is 79.2 cm³/mol. The Morgan fingerprint density at radius 3 is 2.95 bits per heavy atom. The normalized spacial score (nSPS) is 14.6. The minimum absolute atomic E-state index is 0.0956. The van der Waals surface area contributed by atoms with Gasteiger partial charge in [0.05, 0.1) is 15.2 Å². The third-order valence-corrected chi connectivity index (χ3v) is 6.12. The Balaban J connectivity index is 1.65. The van der Waals surface area contributed by atoms with Crippen molar-refractivity contribution >= 4 is 49.1 Å². The monoisotopic (exact) mass is 404 g/mol. The van der Waals surface area contributed by atoms with Gasteiger partial charge in [0.25, 0.3) is 5.91 Å². The first-order valence-electron chi connectivity index (χ1n) is 5.76. The topological polar surface area (TPSA) is 59.8 Å². The van der Waals surface area contributed by atoms with Crippen LogP contribution in [0.2, 0.25) is 0 Å². The first-order chi connectivity index (χ1) is 9.15. The van der Waals surface area contributed by atoms with E-state index < -0.39 is 0 Å². The third-order valence-electron chi connectivity index (χ3n) is 2.86. The first-order valence-corrected chi connectivity index (χ1v) is 8.17. The largest absolute Gasteiger partial charge is 0.344 e. The molecule has 2 aromatic heterocycles. The number of aromatic nitrogens is 3. The number of rotatable bonds is 4. The molecule has 1 aliphatic rings. The van der Waals surface area contributed by atoms with Crippen molar-refractivity contribution in [2.45, 2.75) is 25.4 Å². The number of hydrogen-bond acceptors (Lipinski definition) is 4. The molecule has 19 heavy (non-hydrogen) atoms. The Morgan fingerprint density at radius 2 is 2.32 bits per heavy atom. The molecule has 1 amide bonds. The van der Waals surface area contributed by atoms with Crippen molar-refractivity contribution in [3.63, 3.8) is 0 Å². The third kappa shape index (κ3) is 2.90. The smallest absolute Gasteiger partial charge is 0.261 e. The van der Waals surface area contributed by atoms with E-state index in [0.717, 1.165) is 14.1 Å². The minimum Gasteiger partial charge on any atom is -0.344 e. The lowest BCUT2D eigenvalue weighted by Gasteiger charge is -2.05. The Morgan fingerprint density at radius 1 is 1.53 bits per heavy atom. The van der Waals surface area contributed by atoms with Gasteiger partial charge < -0.3 is 9.88 Å². The van der Waals surface area contributed by atoms with Crippen molar-refractivity contribution in [3.8, 4) is 0 Å². The Hall–Kier alpha value is -0.730. The summed E-state index contributed by atoms with van der Waals surface area (Å²) >= 11 is 8.15. The van der Waals surface area contributed by atoms with Gasteiger partial charge in [-0.3, -0.25) is 4.79 Å². The molecule has 8 heteroatoms. The van der Waals surface area contributed by atoms with E-state index in [9.17, 15) is 4.79 Å². The number of hydrogen-bond donors (Lipinski definition) is 1. The average molecular weight is 406 g/mol. The van der Waals surface area contributed by atoms with Gasteiger partial charge in [0.2, 0.25) is 0 Å². The molecule has 0 spiro atoms. The minimum atomic E-state index is -0.0956. The van der Waals surface area contributed by atoms with Crippen LogP contribution in [0.15, 0.2) is 20.7 Å². The molecule has 2 heterocycles. The van der Waals surface area contributed by atoms with Crippen molar-refractivity contribution in [2.75, 3.05) is 0 Å². The van der Waals surface area contributed by atoms with E-state index in [1.54, 1.807) is 12.4 Å². The summed E-state index contributed by atoms with van der Waals surface area (Å²) in [5.41, 5.74) is 0. The predicted octanol–water partition coefficient (Wildman–Crippen LogP) is 3.13. The second-order valence-electron chi connectivity index (χ2n) is 4.30. The zero-order valence-corrected chi connectivity index (χ0v) is 13.8. The van der Waals surface area contributed by atoms with Gasteiger partial charge in [0, 0.05) is 10.5 Å². The molecule has 2 aromatic rings. The maximum Gasteiger partial charge on any atom is 0.261 e. The molecular formula is C11H10Br2N4OS. The lowest BCUT2D eigenvalue weighted by molar-refractivity contribution is 0.0953. The van der Waals surface area contributed by atoms with Gasteiger partial charge in [0.1, 0.15) is 6.33 Å².